The topological polar surface area (TPSA) is 27.7 Å². The zero-order chi connectivity index (χ0) is 7.23. The fourth-order valence-corrected chi connectivity index (χ4v) is 0.983. The average Bonchev–Trinajstić information content (AvgIpc) is 2.41. The molecule has 3 nitrogen and oxygen atoms in total. The van der Waals surface area contributed by atoms with Crippen molar-refractivity contribution < 1.29 is 14.5 Å². The maximum absolute atomic E-state index is 5.29. The van der Waals surface area contributed by atoms with Gasteiger partial charge in [0.1, 0.15) is 6.61 Å². The Morgan fingerprint density at radius 3 is 3.00 bits per heavy atom. The van der Waals surface area contributed by atoms with E-state index in [1.54, 1.807) is 0 Å². The van der Waals surface area contributed by atoms with Crippen LogP contribution in [0.3, 0.4) is 0 Å². The number of rotatable bonds is 4. The van der Waals surface area contributed by atoms with Crippen LogP contribution >= 0.6 is 0 Å². The van der Waals surface area contributed by atoms with Crippen LogP contribution in [-0.2, 0) is 14.5 Å². The fourth-order valence-electron chi connectivity index (χ4n) is 0.983. The molecule has 1 aliphatic heterocycles. The Kier molecular flexibility index (Phi) is 3.72. The highest BCUT2D eigenvalue weighted by molar-refractivity contribution is 4.62. The lowest BCUT2D eigenvalue weighted by Crippen LogP contribution is -2.14. The molecule has 1 aliphatic rings. The van der Waals surface area contributed by atoms with Crippen molar-refractivity contribution in [2.75, 3.05) is 19.8 Å². The Balaban J connectivity index is 1.91. The summed E-state index contributed by atoms with van der Waals surface area (Å²) in [4.78, 5) is 9.56. The monoisotopic (exact) mass is 146 g/mol. The third-order valence-electron chi connectivity index (χ3n) is 1.48. The minimum Gasteiger partial charge on any atom is -0.376 e. The van der Waals surface area contributed by atoms with Crippen LogP contribution in [-0.4, -0.2) is 25.9 Å². The third kappa shape index (κ3) is 2.64. The molecule has 1 fully saturated rings. The molecule has 0 N–H and O–H groups in total. The summed E-state index contributed by atoms with van der Waals surface area (Å²) in [5.74, 6) is 0. The molecule has 1 atom stereocenters. The van der Waals surface area contributed by atoms with Crippen molar-refractivity contribution in [2.24, 2.45) is 0 Å². The summed E-state index contributed by atoms with van der Waals surface area (Å²) in [6.07, 6.45) is 2.53. The van der Waals surface area contributed by atoms with Crippen LogP contribution in [0.1, 0.15) is 19.8 Å². The van der Waals surface area contributed by atoms with Gasteiger partial charge in [-0.1, -0.05) is 0 Å². The van der Waals surface area contributed by atoms with E-state index in [0.717, 1.165) is 19.4 Å². The van der Waals surface area contributed by atoms with Gasteiger partial charge in [0.2, 0.25) is 0 Å². The quantitative estimate of drug-likeness (QED) is 0.338. The average molecular weight is 146 g/mol. The standard InChI is InChI=1S/C7H14O3/c1-2-9-10-6-7-4-3-5-8-7/h7H,2-6H2,1H3. The third-order valence-corrected chi connectivity index (χ3v) is 1.48. The van der Waals surface area contributed by atoms with E-state index >= 15 is 0 Å². The molecule has 0 spiro atoms. The van der Waals surface area contributed by atoms with Gasteiger partial charge >= 0.3 is 0 Å². The molecule has 0 saturated carbocycles. The van der Waals surface area contributed by atoms with Gasteiger partial charge in [-0.3, -0.25) is 0 Å². The van der Waals surface area contributed by atoms with Gasteiger partial charge in [0.15, 0.2) is 0 Å². The highest BCUT2D eigenvalue weighted by Gasteiger charge is 2.15. The van der Waals surface area contributed by atoms with E-state index in [1.165, 1.54) is 0 Å². The molecule has 0 aromatic heterocycles. The van der Waals surface area contributed by atoms with Crippen molar-refractivity contribution in [3.8, 4) is 0 Å². The number of hydrogen-bond donors (Lipinski definition) is 0. The van der Waals surface area contributed by atoms with E-state index in [4.69, 9.17) is 14.5 Å². The molecule has 0 amide bonds. The van der Waals surface area contributed by atoms with Crippen LogP contribution in [0.4, 0.5) is 0 Å². The molecular formula is C7H14O3. The second-order valence-corrected chi connectivity index (χ2v) is 2.33. The molecule has 10 heavy (non-hydrogen) atoms. The van der Waals surface area contributed by atoms with E-state index in [2.05, 4.69) is 0 Å². The maximum atomic E-state index is 5.29. The van der Waals surface area contributed by atoms with Crippen LogP contribution in [0, 0.1) is 0 Å². The predicted molar refractivity (Wildman–Crippen MR) is 36.6 cm³/mol. The molecule has 1 rings (SSSR count). The smallest absolute Gasteiger partial charge is 0.108 e. The van der Waals surface area contributed by atoms with Gasteiger partial charge < -0.3 is 4.74 Å². The first-order valence-electron chi connectivity index (χ1n) is 3.79. The first-order chi connectivity index (χ1) is 4.93. The zero-order valence-corrected chi connectivity index (χ0v) is 6.34. The first kappa shape index (κ1) is 7.98. The second kappa shape index (κ2) is 4.66. The van der Waals surface area contributed by atoms with E-state index in [1.807, 2.05) is 6.92 Å². The summed E-state index contributed by atoms with van der Waals surface area (Å²) >= 11 is 0. The molecule has 0 radical (unpaired) electrons. The second-order valence-electron chi connectivity index (χ2n) is 2.33. The molecule has 0 aromatic carbocycles. The Morgan fingerprint density at radius 1 is 1.50 bits per heavy atom. The summed E-state index contributed by atoms with van der Waals surface area (Å²) in [6.45, 7) is 3.95. The lowest BCUT2D eigenvalue weighted by atomic mass is 10.2. The van der Waals surface area contributed by atoms with Gasteiger partial charge in [0, 0.05) is 6.61 Å². The van der Waals surface area contributed by atoms with Crippen LogP contribution in [0.15, 0.2) is 0 Å². The Hall–Kier alpha value is -0.120. The molecule has 60 valence electrons. The highest BCUT2D eigenvalue weighted by atomic mass is 17.2. The van der Waals surface area contributed by atoms with Crippen molar-refractivity contribution in [3.05, 3.63) is 0 Å². The van der Waals surface area contributed by atoms with Crippen LogP contribution in [0.25, 0.3) is 0 Å². The first-order valence-corrected chi connectivity index (χ1v) is 3.79. The predicted octanol–water partition coefficient (Wildman–Crippen LogP) is 1.13. The molecular weight excluding hydrogens is 132 g/mol. The summed E-state index contributed by atoms with van der Waals surface area (Å²) in [7, 11) is 0. The lowest BCUT2D eigenvalue weighted by Gasteiger charge is -2.07. The van der Waals surface area contributed by atoms with Gasteiger partial charge in [0.25, 0.3) is 0 Å². The van der Waals surface area contributed by atoms with E-state index in [9.17, 15) is 0 Å². The number of hydrogen-bond acceptors (Lipinski definition) is 3. The largest absolute Gasteiger partial charge is 0.376 e. The summed E-state index contributed by atoms with van der Waals surface area (Å²) in [5, 5.41) is 0. The Bertz CT molecular complexity index is 78.9. The van der Waals surface area contributed by atoms with Gasteiger partial charge in [-0.2, -0.15) is 0 Å². The Labute approximate surface area is 61.2 Å². The van der Waals surface area contributed by atoms with E-state index < -0.39 is 0 Å². The molecule has 0 aliphatic carbocycles. The molecule has 0 bridgehead atoms. The number of ether oxygens (including phenoxy) is 1. The maximum Gasteiger partial charge on any atom is 0.108 e. The van der Waals surface area contributed by atoms with Crippen LogP contribution in [0.2, 0.25) is 0 Å². The minimum absolute atomic E-state index is 0.270. The van der Waals surface area contributed by atoms with Crippen molar-refractivity contribution in [3.63, 3.8) is 0 Å². The lowest BCUT2D eigenvalue weighted by molar-refractivity contribution is -0.302. The molecule has 1 unspecified atom stereocenters. The minimum atomic E-state index is 0.270. The molecule has 1 saturated heterocycles. The van der Waals surface area contributed by atoms with Gasteiger partial charge in [-0.25, -0.2) is 9.78 Å². The van der Waals surface area contributed by atoms with Crippen molar-refractivity contribution in [2.45, 2.75) is 25.9 Å². The SMILES string of the molecule is CCOOCC1CCCO1. The fraction of sp³-hybridized carbons (Fsp3) is 1.00. The Morgan fingerprint density at radius 2 is 2.40 bits per heavy atom. The molecule has 1 heterocycles. The summed E-state index contributed by atoms with van der Waals surface area (Å²) < 4.78 is 5.29. The van der Waals surface area contributed by atoms with E-state index in [0.29, 0.717) is 13.2 Å². The molecule has 0 aromatic rings. The highest BCUT2D eigenvalue weighted by Crippen LogP contribution is 2.11. The molecule has 3 heteroatoms. The van der Waals surface area contributed by atoms with Gasteiger partial charge in [-0.15, -0.1) is 0 Å². The van der Waals surface area contributed by atoms with Crippen LogP contribution in [0.5, 0.6) is 0 Å². The van der Waals surface area contributed by atoms with E-state index in [-0.39, 0.29) is 6.10 Å². The van der Waals surface area contributed by atoms with Crippen molar-refractivity contribution in [1.82, 2.24) is 0 Å². The van der Waals surface area contributed by atoms with Gasteiger partial charge in [0.05, 0.1) is 12.7 Å². The summed E-state index contributed by atoms with van der Waals surface area (Å²) in [6, 6.07) is 0. The van der Waals surface area contributed by atoms with Crippen molar-refractivity contribution >= 4 is 0 Å². The normalized spacial score (nSPS) is 25.5. The van der Waals surface area contributed by atoms with Gasteiger partial charge in [-0.05, 0) is 19.8 Å². The zero-order valence-electron chi connectivity index (χ0n) is 6.34. The summed E-state index contributed by atoms with van der Waals surface area (Å²) in [5.41, 5.74) is 0. The van der Waals surface area contributed by atoms with Crippen LogP contribution < -0.4 is 0 Å². The van der Waals surface area contributed by atoms with Crippen molar-refractivity contribution in [1.29, 1.82) is 0 Å².